The number of hydrogen-bond donors (Lipinski definition) is 3. The molecule has 0 fully saturated rings. The fraction of sp³-hybridized carbons (Fsp3) is 0.500. The molecule has 0 rings (SSSR count). The highest BCUT2D eigenvalue weighted by molar-refractivity contribution is 5.81. The van der Waals surface area contributed by atoms with Crippen molar-refractivity contribution in [3.05, 3.63) is 0 Å². The smallest absolute Gasteiger partial charge is 0.325 e. The molecular formula is C4H8N2O3. The minimum absolute atomic E-state index is 0.824. The highest BCUT2D eigenvalue weighted by atomic mass is 16.4. The summed E-state index contributed by atoms with van der Waals surface area (Å²) in [6.07, 6.45) is 0. The maximum Gasteiger partial charge on any atom is 0.325 e. The summed E-state index contributed by atoms with van der Waals surface area (Å²) in [6.45, 7) is 1.30. The second-order valence-electron chi connectivity index (χ2n) is 1.53. The van der Waals surface area contributed by atoms with Gasteiger partial charge in [0.05, 0.1) is 0 Å². The number of nitrogens with two attached hydrogens (primary N) is 1. The van der Waals surface area contributed by atoms with E-state index in [-0.39, 0.29) is 0 Å². The number of carbonyl (C=O) groups is 2. The van der Waals surface area contributed by atoms with Crippen molar-refractivity contribution < 1.29 is 16.1 Å². The van der Waals surface area contributed by atoms with E-state index >= 15 is 0 Å². The third-order valence-electron chi connectivity index (χ3n) is 0.718. The van der Waals surface area contributed by atoms with E-state index in [9.17, 15) is 9.59 Å². The number of carboxylic acid groups (broad SMARTS) is 1. The van der Waals surface area contributed by atoms with Crippen LogP contribution < -0.4 is 11.0 Å². The second-order valence-corrected chi connectivity index (χ2v) is 1.53. The van der Waals surface area contributed by atoms with Crippen LogP contribution in [0, 0.1) is 0 Å². The summed E-state index contributed by atoms with van der Waals surface area (Å²) in [6, 6.07) is -1.79. The molecule has 52 valence electrons. The van der Waals surface area contributed by atoms with Crippen molar-refractivity contribution in [3.8, 4) is 0 Å². The monoisotopic (exact) mass is 133 g/mol. The topological polar surface area (TPSA) is 92.4 Å². The average molecular weight is 133 g/mol. The van der Waals surface area contributed by atoms with E-state index in [1.165, 1.54) is 12.7 Å². The fourth-order valence-electron chi connectivity index (χ4n) is 0.258. The Balaban J connectivity index is 3.68. The van der Waals surface area contributed by atoms with Gasteiger partial charge in [0.1, 0.15) is 6.04 Å². The van der Waals surface area contributed by atoms with E-state index in [0.717, 1.165) is 0 Å². The first-order chi connectivity index (χ1) is 4.57. The largest absolute Gasteiger partial charge is 0.480 e. The maximum absolute atomic E-state index is 10.3. The third kappa shape index (κ3) is 3.33. The van der Waals surface area contributed by atoms with E-state index in [2.05, 4.69) is 0 Å². The van der Waals surface area contributed by atoms with Gasteiger partial charge in [0, 0.05) is 0 Å². The summed E-state index contributed by atoms with van der Waals surface area (Å²) in [5, 5.41) is 10.2. The molecule has 0 aromatic heterocycles. The highest BCUT2D eigenvalue weighted by Gasteiger charge is 2.10. The van der Waals surface area contributed by atoms with Gasteiger partial charge in [-0.1, -0.05) is 0 Å². The van der Waals surface area contributed by atoms with Gasteiger partial charge in [0.25, 0.3) is 0 Å². The molecule has 9 heavy (non-hydrogen) atoms. The van der Waals surface area contributed by atoms with Gasteiger partial charge in [-0.2, -0.15) is 0 Å². The molecule has 0 aromatic rings. The van der Waals surface area contributed by atoms with Gasteiger partial charge in [0.2, 0.25) is 0 Å². The lowest BCUT2D eigenvalue weighted by atomic mass is 10.3. The zero-order valence-electron chi connectivity index (χ0n) is 5.84. The van der Waals surface area contributed by atoms with Crippen molar-refractivity contribution in [2.45, 2.75) is 13.0 Å². The molecule has 0 heterocycles. The zero-order chi connectivity index (χ0) is 8.15. The summed E-state index contributed by atoms with van der Waals surface area (Å²) < 4.78 is 6.29. The predicted molar refractivity (Wildman–Crippen MR) is 29.8 cm³/mol. The lowest BCUT2D eigenvalue weighted by Gasteiger charge is -2.04. The number of amides is 2. The van der Waals surface area contributed by atoms with Crippen molar-refractivity contribution in [1.82, 2.24) is 5.32 Å². The number of aliphatic carboxylic acids is 1. The normalized spacial score (nSPS) is 13.2. The third-order valence-corrected chi connectivity index (χ3v) is 0.718. The predicted octanol–water partition coefficient (Wildman–Crippen LogP) is -0.872. The number of carboxylic acids is 1. The van der Waals surface area contributed by atoms with Crippen LogP contribution in [-0.2, 0) is 4.79 Å². The first-order valence-electron chi connectivity index (χ1n) is 2.79. The van der Waals surface area contributed by atoms with Gasteiger partial charge in [0.15, 0.2) is 1.41 Å². The molecule has 0 aliphatic carbocycles. The molecule has 2 amide bonds. The van der Waals surface area contributed by atoms with Crippen LogP contribution in [-0.4, -0.2) is 23.1 Å². The van der Waals surface area contributed by atoms with E-state index in [4.69, 9.17) is 6.52 Å². The summed E-state index contributed by atoms with van der Waals surface area (Å²) >= 11 is 0. The van der Waals surface area contributed by atoms with E-state index in [0.29, 0.717) is 0 Å². The number of urea groups is 1. The quantitative estimate of drug-likeness (QED) is 0.457. The van der Waals surface area contributed by atoms with Crippen molar-refractivity contribution in [3.63, 3.8) is 0 Å². The number of primary amides is 1. The van der Waals surface area contributed by atoms with Crippen molar-refractivity contribution in [1.29, 1.82) is 0 Å². The Bertz CT molecular complexity index is 149. The lowest BCUT2D eigenvalue weighted by molar-refractivity contribution is -0.138. The first kappa shape index (κ1) is 5.87. The Hall–Kier alpha value is -1.26. The molecule has 0 aliphatic heterocycles. The molecular weight excluding hydrogens is 124 g/mol. The summed E-state index contributed by atoms with van der Waals surface area (Å²) in [5.74, 6) is -1.14. The van der Waals surface area contributed by atoms with E-state index in [1.54, 1.807) is 0 Å². The molecule has 0 aliphatic rings. The van der Waals surface area contributed by atoms with Gasteiger partial charge in [-0.15, -0.1) is 0 Å². The average Bonchev–Trinajstić information content (AvgIpc) is 1.87. The van der Waals surface area contributed by atoms with Crippen LogP contribution in [0.5, 0.6) is 0 Å². The van der Waals surface area contributed by atoms with E-state index in [1.807, 2.05) is 5.32 Å². The molecule has 0 bridgehead atoms. The van der Waals surface area contributed by atoms with Crippen molar-refractivity contribution >= 4 is 12.0 Å². The Morgan fingerprint density at radius 3 is 2.78 bits per heavy atom. The summed E-state index contributed by atoms with van der Waals surface area (Å²) in [7, 11) is 0. The van der Waals surface area contributed by atoms with Crippen LogP contribution in [0.2, 0.25) is 1.41 Å². The molecule has 4 N–H and O–H groups in total. The number of carbonyl (C=O) groups excluding carboxylic acids is 1. The minimum atomic E-state index is -1.14. The van der Waals surface area contributed by atoms with Gasteiger partial charge in [-0.05, 0) is 6.92 Å². The second kappa shape index (κ2) is 2.91. The molecule has 0 aromatic carbocycles. The standard InChI is InChI=1S/C4H8N2O3/c1-2(3(7)8)6-4(5)9/h2H,1H3,(H,7,8)(H3,5,6,9)/t2-/m0/s1/i/hD. The lowest BCUT2D eigenvalue weighted by Crippen LogP contribution is -2.41. The van der Waals surface area contributed by atoms with Crippen LogP contribution in [0.1, 0.15) is 6.92 Å². The molecule has 5 nitrogen and oxygen atoms in total. The molecule has 0 saturated heterocycles. The molecule has 5 heteroatoms. The van der Waals surface area contributed by atoms with Crippen LogP contribution in [0.25, 0.3) is 0 Å². The van der Waals surface area contributed by atoms with Gasteiger partial charge < -0.3 is 16.2 Å². The van der Waals surface area contributed by atoms with Gasteiger partial charge in [-0.3, -0.25) is 4.79 Å². The Morgan fingerprint density at radius 2 is 2.44 bits per heavy atom. The van der Waals surface area contributed by atoms with Crippen molar-refractivity contribution in [2.24, 2.45) is 5.73 Å². The molecule has 0 saturated carbocycles. The van der Waals surface area contributed by atoms with Crippen LogP contribution in [0.3, 0.4) is 0 Å². The van der Waals surface area contributed by atoms with E-state index < -0.39 is 18.0 Å². The SMILES string of the molecule is [2H]NC(=O)N[C@@H](C)C(=O)O. The Labute approximate surface area is 53.3 Å². The van der Waals surface area contributed by atoms with Crippen molar-refractivity contribution in [2.75, 3.05) is 0 Å². The maximum atomic E-state index is 10.3. The molecule has 0 unspecified atom stereocenters. The Morgan fingerprint density at radius 1 is 1.89 bits per heavy atom. The molecule has 0 radical (unpaired) electrons. The number of nitrogens with one attached hydrogen (secondary N) is 1. The van der Waals surface area contributed by atoms with Gasteiger partial charge in [-0.25, -0.2) is 4.79 Å². The number of hydrogen-bond acceptors (Lipinski definition) is 2. The first-order valence-corrected chi connectivity index (χ1v) is 2.29. The fourth-order valence-corrected chi connectivity index (χ4v) is 0.258. The Kier molecular flexibility index (Phi) is 1.90. The summed E-state index contributed by atoms with van der Waals surface area (Å²) in [5.41, 5.74) is 1.49. The van der Waals surface area contributed by atoms with Crippen LogP contribution >= 0.6 is 0 Å². The van der Waals surface area contributed by atoms with Crippen LogP contribution in [0.4, 0.5) is 4.79 Å². The minimum Gasteiger partial charge on any atom is -0.480 e. The highest BCUT2D eigenvalue weighted by Crippen LogP contribution is 1.77. The van der Waals surface area contributed by atoms with Gasteiger partial charge >= 0.3 is 12.0 Å². The number of rotatable bonds is 2. The zero-order valence-corrected chi connectivity index (χ0v) is 4.84. The summed E-state index contributed by atoms with van der Waals surface area (Å²) in [4.78, 5) is 20.3. The van der Waals surface area contributed by atoms with Crippen LogP contribution in [0.15, 0.2) is 0 Å². The molecule has 1 atom stereocenters. The molecule has 0 spiro atoms.